The normalized spacial score (nSPS) is 15.2. The highest BCUT2D eigenvalue weighted by atomic mass is 32.2. The number of ether oxygens (including phenoxy) is 2. The van der Waals surface area contributed by atoms with Gasteiger partial charge in [0.15, 0.2) is 0 Å². The largest absolute Gasteiger partial charge is 0.497 e. The van der Waals surface area contributed by atoms with E-state index in [0.717, 1.165) is 0 Å². The molecular formula is C21H25N3O7S. The summed E-state index contributed by atoms with van der Waals surface area (Å²) in [6, 6.07) is 9.06. The van der Waals surface area contributed by atoms with Crippen molar-refractivity contribution in [1.29, 1.82) is 0 Å². The van der Waals surface area contributed by atoms with Gasteiger partial charge in [0.05, 0.1) is 30.4 Å². The Bertz CT molecular complexity index is 1130. The molecule has 1 aliphatic heterocycles. The highest BCUT2D eigenvalue weighted by Gasteiger charge is 2.34. The predicted octanol–water partition coefficient (Wildman–Crippen LogP) is 2.96. The average Bonchev–Trinajstić information content (AvgIpc) is 2.79. The van der Waals surface area contributed by atoms with Gasteiger partial charge in [0, 0.05) is 31.1 Å². The zero-order chi connectivity index (χ0) is 23.5. The van der Waals surface area contributed by atoms with Gasteiger partial charge in [-0.3, -0.25) is 14.9 Å². The van der Waals surface area contributed by atoms with Crippen molar-refractivity contribution in [1.82, 2.24) is 4.31 Å². The summed E-state index contributed by atoms with van der Waals surface area (Å²) in [5.74, 6) is -0.0882. The van der Waals surface area contributed by atoms with Gasteiger partial charge in [-0.05, 0) is 38.0 Å². The fraction of sp³-hybridized carbons (Fsp3) is 0.381. The minimum absolute atomic E-state index is 0.00877. The molecule has 0 aliphatic carbocycles. The van der Waals surface area contributed by atoms with E-state index in [4.69, 9.17) is 9.47 Å². The quantitative estimate of drug-likeness (QED) is 0.494. The van der Waals surface area contributed by atoms with Crippen LogP contribution in [-0.4, -0.2) is 50.9 Å². The van der Waals surface area contributed by atoms with Crippen molar-refractivity contribution in [2.75, 3.05) is 32.6 Å². The number of benzene rings is 2. The lowest BCUT2D eigenvalue weighted by atomic mass is 9.97. The number of sulfonamides is 1. The molecule has 0 bridgehead atoms. The third kappa shape index (κ3) is 4.68. The van der Waals surface area contributed by atoms with E-state index in [0.29, 0.717) is 29.8 Å². The van der Waals surface area contributed by atoms with Crippen LogP contribution in [0.3, 0.4) is 0 Å². The van der Waals surface area contributed by atoms with Gasteiger partial charge in [0.25, 0.3) is 5.69 Å². The van der Waals surface area contributed by atoms with E-state index < -0.39 is 20.9 Å². The van der Waals surface area contributed by atoms with Crippen molar-refractivity contribution in [3.8, 4) is 11.5 Å². The number of amides is 1. The van der Waals surface area contributed by atoms with E-state index in [1.54, 1.807) is 19.1 Å². The minimum Gasteiger partial charge on any atom is -0.497 e. The number of nitrogens with one attached hydrogen (secondary N) is 1. The maximum absolute atomic E-state index is 13.2. The molecule has 1 saturated heterocycles. The van der Waals surface area contributed by atoms with Gasteiger partial charge < -0.3 is 14.8 Å². The average molecular weight is 464 g/mol. The maximum atomic E-state index is 13.2. The summed E-state index contributed by atoms with van der Waals surface area (Å²) >= 11 is 0. The first-order valence-electron chi connectivity index (χ1n) is 9.96. The summed E-state index contributed by atoms with van der Waals surface area (Å²) in [6.07, 6.45) is 0.649. The zero-order valence-corrected chi connectivity index (χ0v) is 18.8. The van der Waals surface area contributed by atoms with E-state index in [1.165, 1.54) is 42.8 Å². The Morgan fingerprint density at radius 2 is 1.84 bits per heavy atom. The van der Waals surface area contributed by atoms with Gasteiger partial charge in [0.1, 0.15) is 16.4 Å². The van der Waals surface area contributed by atoms with Gasteiger partial charge in [-0.15, -0.1) is 0 Å². The van der Waals surface area contributed by atoms with E-state index in [9.17, 15) is 23.3 Å². The van der Waals surface area contributed by atoms with Crippen LogP contribution in [0.25, 0.3) is 0 Å². The molecule has 2 aromatic carbocycles. The Hall–Kier alpha value is -3.18. The number of hydrogen-bond donors (Lipinski definition) is 1. The Morgan fingerprint density at radius 3 is 2.44 bits per heavy atom. The second-order valence-corrected chi connectivity index (χ2v) is 9.30. The monoisotopic (exact) mass is 463 g/mol. The highest BCUT2D eigenvalue weighted by Crippen LogP contribution is 2.33. The van der Waals surface area contributed by atoms with Crippen LogP contribution in [0.4, 0.5) is 11.4 Å². The molecule has 3 rings (SSSR count). The fourth-order valence-corrected chi connectivity index (χ4v) is 5.31. The van der Waals surface area contributed by atoms with Crippen LogP contribution in [0.5, 0.6) is 11.5 Å². The summed E-state index contributed by atoms with van der Waals surface area (Å²) in [5, 5.41) is 13.9. The maximum Gasteiger partial charge on any atom is 0.274 e. The van der Waals surface area contributed by atoms with Crippen molar-refractivity contribution in [2.45, 2.75) is 24.7 Å². The summed E-state index contributed by atoms with van der Waals surface area (Å²) in [4.78, 5) is 23.3. The lowest BCUT2D eigenvalue weighted by Gasteiger charge is -2.31. The molecule has 10 nitrogen and oxygen atoms in total. The lowest BCUT2D eigenvalue weighted by molar-refractivity contribution is -0.385. The van der Waals surface area contributed by atoms with Crippen molar-refractivity contribution >= 4 is 27.3 Å². The number of piperidine rings is 1. The van der Waals surface area contributed by atoms with Gasteiger partial charge in [-0.1, -0.05) is 6.07 Å². The van der Waals surface area contributed by atoms with Gasteiger partial charge in [0.2, 0.25) is 15.9 Å². The van der Waals surface area contributed by atoms with Gasteiger partial charge in [-0.2, -0.15) is 4.31 Å². The zero-order valence-electron chi connectivity index (χ0n) is 18.0. The molecule has 172 valence electrons. The SMILES string of the molecule is COc1ccc(OC)c(S(=O)(=O)N2CCC(C(=O)Nc3cccc([N+](=O)[O-])c3C)CC2)c1. The van der Waals surface area contributed by atoms with Crippen LogP contribution >= 0.6 is 0 Å². The number of hydrogen-bond acceptors (Lipinski definition) is 7. The molecule has 32 heavy (non-hydrogen) atoms. The van der Waals surface area contributed by atoms with Crippen LogP contribution < -0.4 is 14.8 Å². The van der Waals surface area contributed by atoms with Crippen molar-refractivity contribution < 1.29 is 27.6 Å². The Morgan fingerprint density at radius 1 is 1.16 bits per heavy atom. The number of rotatable bonds is 7. The van der Waals surface area contributed by atoms with E-state index >= 15 is 0 Å². The van der Waals surface area contributed by atoms with E-state index in [1.807, 2.05) is 0 Å². The first-order valence-corrected chi connectivity index (χ1v) is 11.4. The van der Waals surface area contributed by atoms with E-state index in [2.05, 4.69) is 5.32 Å². The summed E-state index contributed by atoms with van der Waals surface area (Å²) < 4.78 is 38.0. The van der Waals surface area contributed by atoms with Crippen molar-refractivity contribution in [3.05, 3.63) is 52.1 Å². The number of carbonyl (C=O) groups excluding carboxylic acids is 1. The van der Waals surface area contributed by atoms with E-state index in [-0.39, 0.29) is 35.3 Å². The molecule has 0 saturated carbocycles. The van der Waals surface area contributed by atoms with Crippen LogP contribution in [0.15, 0.2) is 41.3 Å². The highest BCUT2D eigenvalue weighted by molar-refractivity contribution is 7.89. The smallest absolute Gasteiger partial charge is 0.274 e. The molecule has 1 aliphatic rings. The Labute approximate surface area is 186 Å². The van der Waals surface area contributed by atoms with Crippen LogP contribution in [-0.2, 0) is 14.8 Å². The van der Waals surface area contributed by atoms with Crippen molar-refractivity contribution in [3.63, 3.8) is 0 Å². The summed E-state index contributed by atoms with van der Waals surface area (Å²) in [5.41, 5.74) is 0.673. The molecule has 0 unspecified atom stereocenters. The first kappa shape index (κ1) is 23.5. The second kappa shape index (κ2) is 9.53. The third-order valence-electron chi connectivity index (χ3n) is 5.57. The number of nitro groups is 1. The molecule has 0 spiro atoms. The Balaban J connectivity index is 1.71. The standard InChI is InChI=1S/C21H25N3O7S/c1-14-17(5-4-6-18(14)24(26)27)22-21(25)15-9-11-23(12-10-15)32(28,29)20-13-16(30-2)7-8-19(20)31-3/h4-8,13,15H,9-12H2,1-3H3,(H,22,25). The second-order valence-electron chi connectivity index (χ2n) is 7.39. The third-order valence-corrected chi connectivity index (χ3v) is 7.49. The van der Waals surface area contributed by atoms with Crippen LogP contribution in [0, 0.1) is 23.0 Å². The molecule has 0 aromatic heterocycles. The first-order chi connectivity index (χ1) is 15.2. The molecule has 1 fully saturated rings. The number of carbonyl (C=O) groups is 1. The fourth-order valence-electron chi connectivity index (χ4n) is 3.67. The molecule has 11 heteroatoms. The molecule has 1 heterocycles. The molecule has 0 radical (unpaired) electrons. The number of methoxy groups -OCH3 is 2. The van der Waals surface area contributed by atoms with Crippen LogP contribution in [0.2, 0.25) is 0 Å². The molecular weight excluding hydrogens is 438 g/mol. The summed E-state index contributed by atoms with van der Waals surface area (Å²) in [6.45, 7) is 1.90. The topological polar surface area (TPSA) is 128 Å². The summed E-state index contributed by atoms with van der Waals surface area (Å²) in [7, 11) is -1.000. The predicted molar refractivity (Wildman–Crippen MR) is 117 cm³/mol. The van der Waals surface area contributed by atoms with Gasteiger partial charge >= 0.3 is 0 Å². The molecule has 0 atom stereocenters. The number of anilines is 1. The molecule has 2 aromatic rings. The lowest BCUT2D eigenvalue weighted by Crippen LogP contribution is -2.41. The molecule has 1 N–H and O–H groups in total. The van der Waals surface area contributed by atoms with Crippen molar-refractivity contribution in [2.24, 2.45) is 5.92 Å². The number of nitrogens with zero attached hydrogens (tertiary/aromatic N) is 2. The number of nitro benzene ring substituents is 1. The Kier molecular flexibility index (Phi) is 6.99. The van der Waals surface area contributed by atoms with Gasteiger partial charge in [-0.25, -0.2) is 8.42 Å². The van der Waals surface area contributed by atoms with Crippen LogP contribution in [0.1, 0.15) is 18.4 Å². The molecule has 1 amide bonds. The minimum atomic E-state index is -3.85.